The second kappa shape index (κ2) is 9.23. The van der Waals surface area contributed by atoms with Gasteiger partial charge in [0.2, 0.25) is 0 Å². The molecule has 0 aliphatic heterocycles. The topological polar surface area (TPSA) is 92.0 Å². The van der Waals surface area contributed by atoms with Crippen LogP contribution in [0, 0.1) is 0 Å². The molecule has 4 rings (SSSR count). The lowest BCUT2D eigenvalue weighted by Crippen LogP contribution is -2.23. The third-order valence-corrected chi connectivity index (χ3v) is 4.62. The fraction of sp³-hybridized carbons (Fsp3) is 0.148. The Kier molecular flexibility index (Phi) is 6.19. The minimum atomic E-state index is -0.972. The smallest absolute Gasteiger partial charge is 0.383 e. The summed E-state index contributed by atoms with van der Waals surface area (Å²) in [5, 5.41) is 0.265. The normalized spacial score (nSPS) is 11.1. The van der Waals surface area contributed by atoms with E-state index in [2.05, 4.69) is 0 Å². The van der Waals surface area contributed by atoms with Gasteiger partial charge in [-0.1, -0.05) is 36.4 Å². The maximum Gasteiger partial charge on any atom is 0.383 e. The number of rotatable bonds is 5. The van der Waals surface area contributed by atoms with Crippen molar-refractivity contribution < 1.29 is 28.2 Å². The van der Waals surface area contributed by atoms with Gasteiger partial charge >= 0.3 is 17.6 Å². The molecule has 0 N–H and O–H groups in total. The molecule has 0 saturated carbocycles. The summed E-state index contributed by atoms with van der Waals surface area (Å²) in [4.78, 5) is 38.3. The first-order valence-electron chi connectivity index (χ1n) is 10.6. The highest BCUT2D eigenvalue weighted by molar-refractivity contribution is 5.97. The number of hydrogen-bond acceptors (Lipinski definition) is 7. The van der Waals surface area contributed by atoms with Crippen molar-refractivity contribution in [2.75, 3.05) is 0 Å². The van der Waals surface area contributed by atoms with Gasteiger partial charge in [-0.05, 0) is 57.2 Å². The monoisotopic (exact) mass is 458 g/mol. The molecule has 34 heavy (non-hydrogen) atoms. The van der Waals surface area contributed by atoms with Gasteiger partial charge in [0.25, 0.3) is 5.75 Å². The van der Waals surface area contributed by atoms with E-state index in [-0.39, 0.29) is 27.8 Å². The predicted molar refractivity (Wildman–Crippen MR) is 126 cm³/mol. The second-order valence-corrected chi connectivity index (χ2v) is 8.43. The summed E-state index contributed by atoms with van der Waals surface area (Å²) < 4.78 is 22.2. The van der Waals surface area contributed by atoms with Gasteiger partial charge in [0, 0.05) is 6.07 Å². The minimum Gasteiger partial charge on any atom is -0.488 e. The highest BCUT2D eigenvalue weighted by Crippen LogP contribution is 2.36. The van der Waals surface area contributed by atoms with E-state index < -0.39 is 28.9 Å². The van der Waals surface area contributed by atoms with E-state index >= 15 is 0 Å². The fourth-order valence-electron chi connectivity index (χ4n) is 3.19. The van der Waals surface area contributed by atoms with Crippen LogP contribution in [0.15, 0.2) is 88.1 Å². The van der Waals surface area contributed by atoms with Crippen molar-refractivity contribution in [3.8, 4) is 17.2 Å². The lowest BCUT2D eigenvalue weighted by Gasteiger charge is -2.21. The van der Waals surface area contributed by atoms with Crippen LogP contribution in [0.4, 0.5) is 0 Å². The number of carbonyl (C=O) groups is 2. The SMILES string of the molecule is CC(C)(C)Oc1ccc2c(OC(=O)c3ccccc3)c(OC(=O)c3ccccc3)c(=O)oc2c1. The first-order chi connectivity index (χ1) is 16.2. The molecular formula is C27H22O7. The van der Waals surface area contributed by atoms with E-state index in [1.54, 1.807) is 60.7 Å². The lowest BCUT2D eigenvalue weighted by atomic mass is 10.1. The van der Waals surface area contributed by atoms with E-state index in [0.29, 0.717) is 5.75 Å². The molecule has 1 aromatic heterocycles. The van der Waals surface area contributed by atoms with E-state index in [9.17, 15) is 14.4 Å². The molecule has 0 aliphatic rings. The van der Waals surface area contributed by atoms with Crippen molar-refractivity contribution in [2.45, 2.75) is 26.4 Å². The molecule has 0 radical (unpaired) electrons. The summed E-state index contributed by atoms with van der Waals surface area (Å²) in [7, 11) is 0. The zero-order valence-electron chi connectivity index (χ0n) is 18.9. The van der Waals surface area contributed by atoms with Gasteiger partial charge in [-0.15, -0.1) is 0 Å². The number of carbonyl (C=O) groups excluding carboxylic acids is 2. The van der Waals surface area contributed by atoms with Crippen LogP contribution in [-0.2, 0) is 0 Å². The molecular weight excluding hydrogens is 436 g/mol. The van der Waals surface area contributed by atoms with Crippen molar-refractivity contribution in [3.05, 3.63) is 100 Å². The summed E-state index contributed by atoms with van der Waals surface area (Å²) >= 11 is 0. The molecule has 1 heterocycles. The van der Waals surface area contributed by atoms with E-state index in [1.807, 2.05) is 20.8 Å². The first kappa shape index (κ1) is 22.8. The van der Waals surface area contributed by atoms with Crippen molar-refractivity contribution in [3.63, 3.8) is 0 Å². The van der Waals surface area contributed by atoms with Crippen LogP contribution in [0.25, 0.3) is 11.0 Å². The third kappa shape index (κ3) is 5.15. The average Bonchev–Trinajstić information content (AvgIpc) is 2.81. The van der Waals surface area contributed by atoms with Crippen LogP contribution in [-0.4, -0.2) is 17.5 Å². The number of benzene rings is 3. The summed E-state index contributed by atoms with van der Waals surface area (Å²) in [6, 6.07) is 21.1. The van der Waals surface area contributed by atoms with Crippen LogP contribution in [0.5, 0.6) is 17.2 Å². The highest BCUT2D eigenvalue weighted by Gasteiger charge is 2.25. The summed E-state index contributed by atoms with van der Waals surface area (Å²) in [5.74, 6) is -1.80. The van der Waals surface area contributed by atoms with E-state index in [1.165, 1.54) is 18.2 Å². The van der Waals surface area contributed by atoms with Crippen LogP contribution < -0.4 is 19.8 Å². The molecule has 3 aromatic carbocycles. The van der Waals surface area contributed by atoms with E-state index in [0.717, 1.165) is 0 Å². The summed E-state index contributed by atoms with van der Waals surface area (Å²) in [5.41, 5.74) is -0.863. The van der Waals surface area contributed by atoms with Crippen LogP contribution in [0.1, 0.15) is 41.5 Å². The van der Waals surface area contributed by atoms with Gasteiger partial charge in [-0.2, -0.15) is 0 Å². The van der Waals surface area contributed by atoms with Crippen molar-refractivity contribution >= 4 is 22.9 Å². The average molecular weight is 458 g/mol. The van der Waals surface area contributed by atoms with Gasteiger partial charge in [0.1, 0.15) is 16.9 Å². The van der Waals surface area contributed by atoms with Crippen molar-refractivity contribution in [1.29, 1.82) is 0 Å². The Balaban J connectivity index is 1.82. The standard InChI is InChI=1S/C27H22O7/c1-27(2,3)34-19-14-15-20-21(16-19)31-26(30)23(33-25(29)18-12-8-5-9-13-18)22(20)32-24(28)17-10-6-4-7-11-17/h4-16H,1-3H3. The molecule has 4 aromatic rings. The van der Waals surface area contributed by atoms with E-state index in [4.69, 9.17) is 18.6 Å². The molecule has 0 amide bonds. The predicted octanol–water partition coefficient (Wildman–Crippen LogP) is 5.41. The highest BCUT2D eigenvalue weighted by atomic mass is 16.6. The second-order valence-electron chi connectivity index (χ2n) is 8.43. The molecule has 0 aliphatic carbocycles. The zero-order valence-corrected chi connectivity index (χ0v) is 18.9. The van der Waals surface area contributed by atoms with Crippen molar-refractivity contribution in [2.24, 2.45) is 0 Å². The Morgan fingerprint density at radius 2 is 1.26 bits per heavy atom. The molecule has 0 fully saturated rings. The Morgan fingerprint density at radius 3 is 1.79 bits per heavy atom. The van der Waals surface area contributed by atoms with Gasteiger partial charge < -0.3 is 18.6 Å². The number of esters is 2. The molecule has 0 unspecified atom stereocenters. The summed E-state index contributed by atoms with van der Waals surface area (Å²) in [6.45, 7) is 5.64. The maximum absolute atomic E-state index is 12.9. The largest absolute Gasteiger partial charge is 0.488 e. The van der Waals surface area contributed by atoms with Crippen LogP contribution in [0.2, 0.25) is 0 Å². The molecule has 7 nitrogen and oxygen atoms in total. The quantitative estimate of drug-likeness (QED) is 0.292. The number of fused-ring (bicyclic) bond motifs is 1. The molecule has 0 atom stereocenters. The van der Waals surface area contributed by atoms with Crippen LogP contribution in [0.3, 0.4) is 0 Å². The molecule has 7 heteroatoms. The third-order valence-electron chi connectivity index (χ3n) is 4.62. The van der Waals surface area contributed by atoms with Gasteiger partial charge in [0.15, 0.2) is 5.75 Å². The molecule has 172 valence electrons. The molecule has 0 spiro atoms. The van der Waals surface area contributed by atoms with Gasteiger partial charge in [-0.25, -0.2) is 14.4 Å². The maximum atomic E-state index is 12.9. The minimum absolute atomic E-state index is 0.113. The number of ether oxygens (including phenoxy) is 3. The van der Waals surface area contributed by atoms with Crippen molar-refractivity contribution in [1.82, 2.24) is 0 Å². The first-order valence-corrected chi connectivity index (χ1v) is 10.6. The molecule has 0 saturated heterocycles. The van der Waals surface area contributed by atoms with Gasteiger partial charge in [0.05, 0.1) is 16.5 Å². The Labute approximate surface area is 195 Å². The lowest BCUT2D eigenvalue weighted by molar-refractivity contribution is 0.0678. The Bertz CT molecular complexity index is 1400. The van der Waals surface area contributed by atoms with Crippen LogP contribution >= 0.6 is 0 Å². The Morgan fingerprint density at radius 1 is 0.735 bits per heavy atom. The summed E-state index contributed by atoms with van der Waals surface area (Å²) in [6.07, 6.45) is 0. The Hall–Kier alpha value is -4.39. The fourth-order valence-corrected chi connectivity index (χ4v) is 3.19. The zero-order chi connectivity index (χ0) is 24.3. The molecule has 0 bridgehead atoms. The number of hydrogen-bond donors (Lipinski definition) is 0. The van der Waals surface area contributed by atoms with Gasteiger partial charge in [-0.3, -0.25) is 0 Å².